The molecule has 0 aromatic rings. The molecule has 4 unspecified atom stereocenters. The first-order valence-corrected chi connectivity index (χ1v) is 11.3. The van der Waals surface area contributed by atoms with Crippen molar-refractivity contribution in [2.45, 2.75) is 76.1 Å². The Kier molecular flexibility index (Phi) is 4.49. The summed E-state index contributed by atoms with van der Waals surface area (Å²) in [7, 11) is 0. The van der Waals surface area contributed by atoms with Gasteiger partial charge in [-0.05, 0) is 80.6 Å². The number of rotatable bonds is 2. The van der Waals surface area contributed by atoms with Crippen LogP contribution in [0.3, 0.4) is 0 Å². The largest absolute Gasteiger partial charge is 0.458 e. The van der Waals surface area contributed by atoms with Gasteiger partial charge in [-0.1, -0.05) is 6.92 Å². The smallest absolute Gasteiger partial charge is 0.331 e. The Morgan fingerprint density at radius 3 is 2.66 bits per heavy atom. The molecule has 0 saturated heterocycles. The maximum absolute atomic E-state index is 12.1. The van der Waals surface area contributed by atoms with Gasteiger partial charge < -0.3 is 25.2 Å². The van der Waals surface area contributed by atoms with Crippen LogP contribution in [0.1, 0.15) is 58.3 Å². The molecule has 0 radical (unpaired) electrons. The van der Waals surface area contributed by atoms with E-state index in [0.717, 1.165) is 24.8 Å². The number of aliphatic hydroxyl groups excluding tert-OH is 3. The third kappa shape index (κ3) is 2.52. The maximum atomic E-state index is 12.1. The first-order valence-electron chi connectivity index (χ1n) is 11.3. The molecule has 1 heterocycles. The van der Waals surface area contributed by atoms with Gasteiger partial charge in [0.15, 0.2) is 0 Å². The summed E-state index contributed by atoms with van der Waals surface area (Å²) in [6.45, 7) is 2.38. The van der Waals surface area contributed by atoms with Gasteiger partial charge in [-0.3, -0.25) is 0 Å². The van der Waals surface area contributed by atoms with Crippen LogP contribution < -0.4 is 0 Å². The van der Waals surface area contributed by atoms with E-state index < -0.39 is 22.5 Å². The lowest BCUT2D eigenvalue weighted by molar-refractivity contribution is -0.252. The summed E-state index contributed by atoms with van der Waals surface area (Å²) < 4.78 is 5.15. The monoisotopic (exact) mass is 406 g/mol. The first-order chi connectivity index (χ1) is 13.7. The number of cyclic esters (lactones) is 1. The standard InChI is InChI=1S/C23H34O6/c1-21-10-18(26)20-17(3-2-14-9-15(25)4-6-22(14,20)12-24)23(21,28)7-5-16(21)13-8-19(27)29-11-13/h8,14-18,20,24-26,28H,2-7,9-12H2,1H3/t14?,15-,16?,17+,18?,20?,21+,22+,23-/m0/s1. The molecule has 9 atom stereocenters. The molecule has 0 spiro atoms. The molecule has 4 saturated carbocycles. The van der Waals surface area contributed by atoms with Gasteiger partial charge in [-0.15, -0.1) is 0 Å². The molecule has 0 amide bonds. The van der Waals surface area contributed by atoms with E-state index in [-0.39, 0.29) is 42.4 Å². The second kappa shape index (κ2) is 6.52. The molecular formula is C23H34O6. The van der Waals surface area contributed by atoms with Crippen LogP contribution in [0.2, 0.25) is 0 Å². The average Bonchev–Trinajstić information content (AvgIpc) is 3.22. The number of carbonyl (C=O) groups is 1. The van der Waals surface area contributed by atoms with Crippen LogP contribution in [-0.2, 0) is 9.53 Å². The van der Waals surface area contributed by atoms with Crippen molar-refractivity contribution in [2.24, 2.45) is 34.5 Å². The van der Waals surface area contributed by atoms with E-state index in [0.29, 0.717) is 38.7 Å². The van der Waals surface area contributed by atoms with Gasteiger partial charge in [0, 0.05) is 23.5 Å². The van der Waals surface area contributed by atoms with Crippen molar-refractivity contribution >= 4 is 5.97 Å². The number of aliphatic hydroxyl groups is 4. The van der Waals surface area contributed by atoms with E-state index in [2.05, 4.69) is 6.92 Å². The molecule has 5 rings (SSSR count). The Labute approximate surface area is 172 Å². The van der Waals surface area contributed by atoms with E-state index in [1.54, 1.807) is 6.08 Å². The van der Waals surface area contributed by atoms with Gasteiger partial charge in [0.2, 0.25) is 0 Å². The quantitative estimate of drug-likeness (QED) is 0.519. The third-order valence-corrected chi connectivity index (χ3v) is 9.90. The molecular weight excluding hydrogens is 372 g/mol. The van der Waals surface area contributed by atoms with Crippen LogP contribution in [-0.4, -0.2) is 57.4 Å². The van der Waals surface area contributed by atoms with Gasteiger partial charge in [-0.2, -0.15) is 0 Å². The highest BCUT2D eigenvalue weighted by Crippen LogP contribution is 2.69. The van der Waals surface area contributed by atoms with Crippen molar-refractivity contribution in [1.29, 1.82) is 0 Å². The highest BCUT2D eigenvalue weighted by molar-refractivity contribution is 5.85. The Hall–Kier alpha value is -0.950. The molecule has 0 aromatic carbocycles. The van der Waals surface area contributed by atoms with Crippen molar-refractivity contribution in [3.63, 3.8) is 0 Å². The number of fused-ring (bicyclic) bond motifs is 5. The Morgan fingerprint density at radius 1 is 1.17 bits per heavy atom. The number of hydrogen-bond acceptors (Lipinski definition) is 6. The second-order valence-corrected chi connectivity index (χ2v) is 10.8. The zero-order valence-electron chi connectivity index (χ0n) is 17.2. The summed E-state index contributed by atoms with van der Waals surface area (Å²) in [4.78, 5) is 11.7. The van der Waals surface area contributed by atoms with Crippen LogP contribution >= 0.6 is 0 Å². The lowest BCUT2D eigenvalue weighted by Crippen LogP contribution is -2.67. The van der Waals surface area contributed by atoms with Crippen LogP contribution in [0.15, 0.2) is 11.6 Å². The summed E-state index contributed by atoms with van der Waals surface area (Å²) >= 11 is 0. The number of hydrogen-bond donors (Lipinski definition) is 4. The molecule has 162 valence electrons. The van der Waals surface area contributed by atoms with Crippen LogP contribution in [0, 0.1) is 34.5 Å². The van der Waals surface area contributed by atoms with E-state index in [4.69, 9.17) is 4.74 Å². The van der Waals surface area contributed by atoms with Crippen molar-refractivity contribution in [3.05, 3.63) is 11.6 Å². The van der Waals surface area contributed by atoms with Crippen LogP contribution in [0.4, 0.5) is 0 Å². The molecule has 4 fully saturated rings. The number of ether oxygens (including phenoxy) is 1. The minimum atomic E-state index is -0.919. The van der Waals surface area contributed by atoms with Crippen molar-refractivity contribution in [1.82, 2.24) is 0 Å². The van der Waals surface area contributed by atoms with Crippen LogP contribution in [0.25, 0.3) is 0 Å². The minimum Gasteiger partial charge on any atom is -0.458 e. The van der Waals surface area contributed by atoms with Gasteiger partial charge in [0.1, 0.15) is 6.61 Å². The van der Waals surface area contributed by atoms with Crippen molar-refractivity contribution in [3.8, 4) is 0 Å². The van der Waals surface area contributed by atoms with Crippen molar-refractivity contribution in [2.75, 3.05) is 13.2 Å². The van der Waals surface area contributed by atoms with E-state index in [1.807, 2.05) is 0 Å². The third-order valence-electron chi connectivity index (χ3n) is 9.90. The molecule has 4 aliphatic carbocycles. The van der Waals surface area contributed by atoms with Gasteiger partial charge in [0.25, 0.3) is 0 Å². The number of esters is 1. The van der Waals surface area contributed by atoms with Gasteiger partial charge >= 0.3 is 5.97 Å². The Balaban J connectivity index is 1.53. The molecule has 1 aliphatic heterocycles. The lowest BCUT2D eigenvalue weighted by Gasteiger charge is -2.65. The predicted molar refractivity (Wildman–Crippen MR) is 105 cm³/mol. The molecule has 4 N–H and O–H groups in total. The Bertz CT molecular complexity index is 735. The molecule has 6 heteroatoms. The summed E-state index contributed by atoms with van der Waals surface area (Å²) in [6, 6.07) is 0. The maximum Gasteiger partial charge on any atom is 0.331 e. The molecule has 6 nitrogen and oxygen atoms in total. The topological polar surface area (TPSA) is 107 Å². The molecule has 0 aromatic heterocycles. The zero-order valence-corrected chi connectivity index (χ0v) is 17.2. The van der Waals surface area contributed by atoms with Crippen molar-refractivity contribution < 1.29 is 30.0 Å². The predicted octanol–water partition coefficient (Wildman–Crippen LogP) is 1.55. The SMILES string of the molecule is C[C@]12CC(O)C3[C@@H](CCC4C[C@@H](O)CC[C@@]43CO)[C@@]1(O)CCC2C1=CC(=O)OC1. The summed E-state index contributed by atoms with van der Waals surface area (Å²) in [5.74, 6) is -0.301. The zero-order chi connectivity index (χ0) is 20.6. The van der Waals surface area contributed by atoms with Gasteiger partial charge in [0.05, 0.1) is 17.8 Å². The fourth-order valence-electron chi connectivity index (χ4n) is 8.57. The second-order valence-electron chi connectivity index (χ2n) is 10.8. The van der Waals surface area contributed by atoms with E-state index >= 15 is 0 Å². The highest BCUT2D eigenvalue weighted by atomic mass is 16.5. The minimum absolute atomic E-state index is 0.00628. The fraction of sp³-hybridized carbons (Fsp3) is 0.870. The highest BCUT2D eigenvalue weighted by Gasteiger charge is 2.70. The average molecular weight is 407 g/mol. The molecule has 0 bridgehead atoms. The summed E-state index contributed by atoms with van der Waals surface area (Å²) in [5, 5.41) is 44.3. The Morgan fingerprint density at radius 2 is 1.97 bits per heavy atom. The normalized spacial score (nSPS) is 54.2. The van der Waals surface area contributed by atoms with E-state index in [1.165, 1.54) is 0 Å². The summed E-state index contributed by atoms with van der Waals surface area (Å²) in [6.07, 6.45) is 6.29. The number of carbonyl (C=O) groups excluding carboxylic acids is 1. The van der Waals surface area contributed by atoms with E-state index in [9.17, 15) is 25.2 Å². The van der Waals surface area contributed by atoms with Crippen LogP contribution in [0.5, 0.6) is 0 Å². The fourth-order valence-corrected chi connectivity index (χ4v) is 8.57. The lowest BCUT2D eigenvalue weighted by atomic mass is 9.42. The molecule has 5 aliphatic rings. The molecule has 29 heavy (non-hydrogen) atoms. The first kappa shape index (κ1) is 20.0. The summed E-state index contributed by atoms with van der Waals surface area (Å²) in [5.41, 5.74) is -0.893. The van der Waals surface area contributed by atoms with Gasteiger partial charge in [-0.25, -0.2) is 4.79 Å².